The van der Waals surface area contributed by atoms with Crippen LogP contribution < -0.4 is 10.2 Å². The number of carbonyl (C=O) groups excluding carboxylic acids is 2. The zero-order chi connectivity index (χ0) is 22.9. The third-order valence-corrected chi connectivity index (χ3v) is 7.90. The fourth-order valence-corrected chi connectivity index (χ4v) is 5.53. The van der Waals surface area contributed by atoms with Gasteiger partial charge >= 0.3 is 0 Å². The first-order valence-corrected chi connectivity index (χ1v) is 12.1. The third kappa shape index (κ3) is 4.01. The van der Waals surface area contributed by atoms with Gasteiger partial charge in [-0.2, -0.15) is 4.31 Å². The number of carbonyl (C=O) groups is 2. The van der Waals surface area contributed by atoms with Crippen molar-refractivity contribution in [2.24, 2.45) is 5.92 Å². The second-order valence-electron chi connectivity index (χ2n) is 7.72. The molecule has 2 heterocycles. The maximum absolute atomic E-state index is 12.8. The summed E-state index contributed by atoms with van der Waals surface area (Å²) in [5, 5.41) is 3.85. The molecule has 1 unspecified atom stereocenters. The number of H-pyrrole nitrogens is 1. The largest absolute Gasteiger partial charge is 0.361 e. The molecule has 8 nitrogen and oxygen atoms in total. The number of sulfonamides is 1. The number of anilines is 2. The van der Waals surface area contributed by atoms with Crippen molar-refractivity contribution in [1.29, 1.82) is 0 Å². The average Bonchev–Trinajstić information content (AvgIpc) is 3.42. The molecule has 0 spiro atoms. The number of fused-ring (bicyclic) bond motifs is 1. The highest BCUT2D eigenvalue weighted by molar-refractivity contribution is 7.89. The second kappa shape index (κ2) is 8.76. The first-order chi connectivity index (χ1) is 15.3. The molecule has 0 bridgehead atoms. The Hall–Kier alpha value is -3.17. The van der Waals surface area contributed by atoms with Gasteiger partial charge in [0.1, 0.15) is 0 Å². The van der Waals surface area contributed by atoms with Gasteiger partial charge in [-0.05, 0) is 42.5 Å². The van der Waals surface area contributed by atoms with Crippen molar-refractivity contribution < 1.29 is 18.0 Å². The summed E-state index contributed by atoms with van der Waals surface area (Å²) >= 11 is 0. The summed E-state index contributed by atoms with van der Waals surface area (Å²) < 4.78 is 26.7. The molecule has 3 aromatic rings. The van der Waals surface area contributed by atoms with Crippen molar-refractivity contribution in [3.05, 3.63) is 54.7 Å². The van der Waals surface area contributed by atoms with E-state index in [-0.39, 0.29) is 29.7 Å². The molecule has 168 valence electrons. The molecule has 1 aliphatic heterocycles. The lowest BCUT2D eigenvalue weighted by atomic mass is 10.1. The molecule has 2 aromatic carbocycles. The van der Waals surface area contributed by atoms with Gasteiger partial charge in [0.05, 0.1) is 16.5 Å². The average molecular weight is 455 g/mol. The Balaban J connectivity index is 1.48. The van der Waals surface area contributed by atoms with E-state index in [1.54, 1.807) is 26.0 Å². The number of amides is 2. The van der Waals surface area contributed by atoms with E-state index in [1.807, 2.05) is 30.5 Å². The fraction of sp³-hybridized carbons (Fsp3) is 0.304. The molecule has 0 radical (unpaired) electrons. The van der Waals surface area contributed by atoms with E-state index in [2.05, 4.69) is 10.3 Å². The number of hydrogen-bond donors (Lipinski definition) is 2. The maximum Gasteiger partial charge on any atom is 0.243 e. The molecule has 32 heavy (non-hydrogen) atoms. The molecular formula is C23H26N4O4S. The summed E-state index contributed by atoms with van der Waals surface area (Å²) in [5.74, 6) is -0.865. The zero-order valence-electron chi connectivity index (χ0n) is 18.0. The van der Waals surface area contributed by atoms with Crippen molar-refractivity contribution in [3.63, 3.8) is 0 Å². The fourth-order valence-electron chi connectivity index (χ4n) is 4.07. The van der Waals surface area contributed by atoms with E-state index < -0.39 is 15.9 Å². The molecule has 2 N–H and O–H groups in total. The summed E-state index contributed by atoms with van der Waals surface area (Å²) in [5.41, 5.74) is 2.20. The highest BCUT2D eigenvalue weighted by Crippen LogP contribution is 2.29. The predicted octanol–water partition coefficient (Wildman–Crippen LogP) is 3.19. The van der Waals surface area contributed by atoms with Crippen molar-refractivity contribution >= 4 is 44.1 Å². The monoisotopic (exact) mass is 454 g/mol. The Kier molecular flexibility index (Phi) is 6.03. The third-order valence-electron chi connectivity index (χ3n) is 5.84. The molecule has 1 atom stereocenters. The van der Waals surface area contributed by atoms with Crippen molar-refractivity contribution in [1.82, 2.24) is 9.29 Å². The van der Waals surface area contributed by atoms with Gasteiger partial charge < -0.3 is 15.2 Å². The minimum atomic E-state index is -3.56. The molecule has 1 aromatic heterocycles. The predicted molar refractivity (Wildman–Crippen MR) is 124 cm³/mol. The number of nitrogens with zero attached hydrogens (tertiary/aromatic N) is 2. The lowest BCUT2D eigenvalue weighted by Gasteiger charge is -2.20. The normalized spacial score (nSPS) is 16.8. The number of aromatic amines is 1. The zero-order valence-corrected chi connectivity index (χ0v) is 18.9. The molecule has 2 amide bonds. The summed E-state index contributed by atoms with van der Waals surface area (Å²) in [6.07, 6.45) is 1.92. The van der Waals surface area contributed by atoms with Crippen molar-refractivity contribution in [2.45, 2.75) is 25.2 Å². The number of nitrogens with one attached hydrogen (secondary N) is 2. The van der Waals surface area contributed by atoms with Crippen molar-refractivity contribution in [2.75, 3.05) is 29.9 Å². The molecule has 1 fully saturated rings. The van der Waals surface area contributed by atoms with E-state index in [9.17, 15) is 18.0 Å². The van der Waals surface area contributed by atoms with Gasteiger partial charge in [0, 0.05) is 48.8 Å². The van der Waals surface area contributed by atoms with Crippen LogP contribution in [0.1, 0.15) is 20.3 Å². The van der Waals surface area contributed by atoms with Crippen LogP contribution in [0.3, 0.4) is 0 Å². The Morgan fingerprint density at radius 1 is 1.12 bits per heavy atom. The van der Waals surface area contributed by atoms with Crippen LogP contribution in [0.4, 0.5) is 11.4 Å². The standard InChI is InChI=1S/C23H26N4O4S/c1-3-26(4-2)32(30,31)18-10-8-17(9-11-18)27-15-16(14-22(27)28)23(29)25-21-7-5-6-20-19(21)12-13-24-20/h5-13,16,24H,3-4,14-15H2,1-2H3,(H,25,29). The van der Waals surface area contributed by atoms with E-state index in [4.69, 9.17) is 0 Å². The van der Waals surface area contributed by atoms with Gasteiger partial charge in [-0.3, -0.25) is 9.59 Å². The van der Waals surface area contributed by atoms with Gasteiger partial charge in [-0.25, -0.2) is 8.42 Å². The van der Waals surface area contributed by atoms with Crippen LogP contribution in [0.2, 0.25) is 0 Å². The molecule has 9 heteroatoms. The van der Waals surface area contributed by atoms with Crippen LogP contribution in [0.25, 0.3) is 10.9 Å². The molecule has 0 saturated carbocycles. The van der Waals surface area contributed by atoms with Crippen LogP contribution in [0.15, 0.2) is 59.6 Å². The Morgan fingerprint density at radius 2 is 1.84 bits per heavy atom. The first kappa shape index (κ1) is 22.0. The summed E-state index contributed by atoms with van der Waals surface area (Å²) in [4.78, 5) is 30.3. The minimum absolute atomic E-state index is 0.106. The highest BCUT2D eigenvalue weighted by Gasteiger charge is 2.35. The Morgan fingerprint density at radius 3 is 2.53 bits per heavy atom. The highest BCUT2D eigenvalue weighted by atomic mass is 32.2. The van der Waals surface area contributed by atoms with Gasteiger partial charge in [0.2, 0.25) is 21.8 Å². The Bertz CT molecular complexity index is 1250. The number of hydrogen-bond acceptors (Lipinski definition) is 4. The summed E-state index contributed by atoms with van der Waals surface area (Å²) in [6.45, 7) is 4.60. The van der Waals surface area contributed by atoms with E-state index in [0.29, 0.717) is 24.5 Å². The van der Waals surface area contributed by atoms with E-state index >= 15 is 0 Å². The summed E-state index contributed by atoms with van der Waals surface area (Å²) in [6, 6.07) is 13.8. The molecule has 1 saturated heterocycles. The number of rotatable bonds is 7. The smallest absolute Gasteiger partial charge is 0.243 e. The topological polar surface area (TPSA) is 103 Å². The van der Waals surface area contributed by atoms with Crippen LogP contribution in [-0.4, -0.2) is 49.2 Å². The molecule has 1 aliphatic rings. The SMILES string of the molecule is CCN(CC)S(=O)(=O)c1ccc(N2CC(C(=O)Nc3cccc4[nH]ccc34)CC2=O)cc1. The van der Waals surface area contributed by atoms with Gasteiger partial charge in [-0.1, -0.05) is 19.9 Å². The molecule has 4 rings (SSSR count). The summed E-state index contributed by atoms with van der Waals surface area (Å²) in [7, 11) is -3.56. The van der Waals surface area contributed by atoms with Gasteiger partial charge in [-0.15, -0.1) is 0 Å². The lowest BCUT2D eigenvalue weighted by Crippen LogP contribution is -2.31. The molecule has 0 aliphatic carbocycles. The first-order valence-electron chi connectivity index (χ1n) is 10.6. The van der Waals surface area contributed by atoms with Crippen LogP contribution in [0, 0.1) is 5.92 Å². The van der Waals surface area contributed by atoms with Crippen LogP contribution in [-0.2, 0) is 19.6 Å². The van der Waals surface area contributed by atoms with E-state index in [1.165, 1.54) is 21.3 Å². The van der Waals surface area contributed by atoms with E-state index in [0.717, 1.165) is 10.9 Å². The maximum atomic E-state index is 12.8. The molecular weight excluding hydrogens is 428 g/mol. The van der Waals surface area contributed by atoms with Crippen molar-refractivity contribution in [3.8, 4) is 0 Å². The minimum Gasteiger partial charge on any atom is -0.361 e. The number of benzene rings is 2. The van der Waals surface area contributed by atoms with Gasteiger partial charge in [0.25, 0.3) is 0 Å². The Labute approximate surface area is 187 Å². The second-order valence-corrected chi connectivity index (χ2v) is 9.66. The lowest BCUT2D eigenvalue weighted by molar-refractivity contribution is -0.122. The van der Waals surface area contributed by atoms with Gasteiger partial charge in [0.15, 0.2) is 0 Å². The number of aromatic nitrogens is 1. The van der Waals surface area contributed by atoms with Crippen LogP contribution in [0.5, 0.6) is 0 Å². The van der Waals surface area contributed by atoms with Crippen LogP contribution >= 0.6 is 0 Å². The quantitative estimate of drug-likeness (QED) is 0.572.